The molecule has 0 spiro atoms. The fourth-order valence-electron chi connectivity index (χ4n) is 1.74. The van der Waals surface area contributed by atoms with Gasteiger partial charge in [-0.1, -0.05) is 24.3 Å². The molecule has 104 valence electrons. The van der Waals surface area contributed by atoms with Crippen molar-refractivity contribution < 1.29 is 9.72 Å². The van der Waals surface area contributed by atoms with E-state index in [1.54, 1.807) is 4.57 Å². The summed E-state index contributed by atoms with van der Waals surface area (Å²) in [6.45, 7) is 0.476. The Hall–Kier alpha value is -2.74. The molecule has 0 saturated carbocycles. The van der Waals surface area contributed by atoms with Crippen LogP contribution in [0.1, 0.15) is 11.1 Å². The number of hydrogen-bond acceptors (Lipinski definition) is 5. The number of nitrogens with zero attached hydrogens (tertiary/aromatic N) is 3. The number of hydrazine groups is 1. The zero-order valence-corrected chi connectivity index (χ0v) is 10.5. The van der Waals surface area contributed by atoms with Crippen molar-refractivity contribution in [1.82, 2.24) is 15.0 Å². The molecular formula is C12H13N5O3. The fraction of sp³-hybridized carbons (Fsp3) is 0.167. The van der Waals surface area contributed by atoms with Gasteiger partial charge in [0.05, 0.1) is 13.0 Å². The first-order chi connectivity index (χ1) is 9.58. The maximum absolute atomic E-state index is 11.1. The lowest BCUT2D eigenvalue weighted by atomic mass is 10.1. The molecule has 0 aliphatic rings. The lowest BCUT2D eigenvalue weighted by Crippen LogP contribution is -2.31. The van der Waals surface area contributed by atoms with Crippen molar-refractivity contribution in [3.8, 4) is 0 Å². The molecule has 0 saturated heterocycles. The van der Waals surface area contributed by atoms with E-state index in [2.05, 4.69) is 10.4 Å². The molecule has 8 nitrogen and oxygen atoms in total. The summed E-state index contributed by atoms with van der Waals surface area (Å²) < 4.78 is 1.62. The predicted octanol–water partition coefficient (Wildman–Crippen LogP) is 0.372. The van der Waals surface area contributed by atoms with Gasteiger partial charge in [-0.3, -0.25) is 10.2 Å². The molecule has 1 heterocycles. The van der Waals surface area contributed by atoms with E-state index in [9.17, 15) is 14.9 Å². The van der Waals surface area contributed by atoms with E-state index in [1.807, 2.05) is 24.3 Å². The molecule has 0 aliphatic carbocycles. The van der Waals surface area contributed by atoms with Crippen LogP contribution in [-0.2, 0) is 17.8 Å². The van der Waals surface area contributed by atoms with E-state index in [-0.39, 0.29) is 18.1 Å². The smallest absolute Gasteiger partial charge is 0.358 e. The first-order valence-electron chi connectivity index (χ1n) is 5.82. The van der Waals surface area contributed by atoms with Gasteiger partial charge in [0.15, 0.2) is 0 Å². The summed E-state index contributed by atoms with van der Waals surface area (Å²) in [5.74, 6) is 4.57. The van der Waals surface area contributed by atoms with Crippen molar-refractivity contribution in [3.63, 3.8) is 0 Å². The lowest BCUT2D eigenvalue weighted by molar-refractivity contribution is -0.389. The molecule has 8 heteroatoms. The van der Waals surface area contributed by atoms with E-state index < -0.39 is 4.92 Å². The lowest BCUT2D eigenvalue weighted by Gasteiger charge is -2.04. The number of imidazole rings is 1. The zero-order valence-electron chi connectivity index (χ0n) is 10.5. The van der Waals surface area contributed by atoms with E-state index in [0.717, 1.165) is 11.1 Å². The Kier molecular flexibility index (Phi) is 4.06. The Morgan fingerprint density at radius 3 is 2.55 bits per heavy atom. The van der Waals surface area contributed by atoms with Crippen LogP contribution in [-0.4, -0.2) is 20.4 Å². The maximum atomic E-state index is 11.1. The summed E-state index contributed by atoms with van der Waals surface area (Å²) >= 11 is 0. The van der Waals surface area contributed by atoms with Crippen LogP contribution in [0.3, 0.4) is 0 Å². The van der Waals surface area contributed by atoms with E-state index in [1.165, 1.54) is 12.5 Å². The van der Waals surface area contributed by atoms with Crippen molar-refractivity contribution >= 4 is 11.7 Å². The highest BCUT2D eigenvalue weighted by Gasteiger charge is 2.09. The third-order valence-corrected chi connectivity index (χ3v) is 2.72. The third kappa shape index (κ3) is 3.39. The second kappa shape index (κ2) is 5.93. The average molecular weight is 275 g/mol. The summed E-state index contributed by atoms with van der Waals surface area (Å²) in [5.41, 5.74) is 3.86. The third-order valence-electron chi connectivity index (χ3n) is 2.72. The highest BCUT2D eigenvalue weighted by Crippen LogP contribution is 2.10. The van der Waals surface area contributed by atoms with E-state index in [0.29, 0.717) is 6.54 Å². The van der Waals surface area contributed by atoms with Crippen LogP contribution in [0.15, 0.2) is 36.8 Å². The summed E-state index contributed by atoms with van der Waals surface area (Å²) in [7, 11) is 0. The minimum Gasteiger partial charge on any atom is -0.358 e. The average Bonchev–Trinajstić information content (AvgIpc) is 2.89. The second-order valence-corrected chi connectivity index (χ2v) is 4.22. The monoisotopic (exact) mass is 275 g/mol. The number of carbonyl (C=O) groups excluding carboxylic acids is 1. The van der Waals surface area contributed by atoms with Crippen LogP contribution in [0.25, 0.3) is 0 Å². The zero-order chi connectivity index (χ0) is 14.5. The van der Waals surface area contributed by atoms with Gasteiger partial charge in [0, 0.05) is 0 Å². The molecule has 0 radical (unpaired) electrons. The Bertz CT molecular complexity index is 620. The minimum atomic E-state index is -0.537. The van der Waals surface area contributed by atoms with Gasteiger partial charge in [0.25, 0.3) is 0 Å². The van der Waals surface area contributed by atoms with Gasteiger partial charge in [-0.15, -0.1) is 0 Å². The van der Waals surface area contributed by atoms with Crippen LogP contribution in [0, 0.1) is 10.1 Å². The van der Waals surface area contributed by atoms with Gasteiger partial charge >= 0.3 is 5.82 Å². The summed E-state index contributed by atoms with van der Waals surface area (Å²) in [4.78, 5) is 24.8. The number of nitrogens with two attached hydrogens (primary N) is 1. The molecule has 1 amide bonds. The quantitative estimate of drug-likeness (QED) is 0.354. The number of carbonyl (C=O) groups is 1. The van der Waals surface area contributed by atoms with Gasteiger partial charge in [-0.2, -0.15) is 0 Å². The minimum absolute atomic E-state index is 0.179. The molecule has 1 aromatic carbocycles. The topological polar surface area (TPSA) is 116 Å². The van der Waals surface area contributed by atoms with Gasteiger partial charge in [0.1, 0.15) is 6.20 Å². The fourth-order valence-corrected chi connectivity index (χ4v) is 1.74. The van der Waals surface area contributed by atoms with Crippen molar-refractivity contribution in [2.24, 2.45) is 5.84 Å². The van der Waals surface area contributed by atoms with E-state index in [4.69, 9.17) is 5.84 Å². The first kappa shape index (κ1) is 13.7. The molecule has 1 aromatic heterocycles. The van der Waals surface area contributed by atoms with Crippen molar-refractivity contribution in [1.29, 1.82) is 0 Å². The molecule has 2 rings (SSSR count). The Balaban J connectivity index is 2.02. The predicted molar refractivity (Wildman–Crippen MR) is 70.5 cm³/mol. The molecular weight excluding hydrogens is 262 g/mol. The highest BCUT2D eigenvalue weighted by molar-refractivity contribution is 5.77. The van der Waals surface area contributed by atoms with Crippen LogP contribution in [0.4, 0.5) is 5.82 Å². The molecule has 0 aliphatic heterocycles. The van der Waals surface area contributed by atoms with E-state index >= 15 is 0 Å². The number of nitro groups is 1. The first-order valence-corrected chi connectivity index (χ1v) is 5.82. The normalized spacial score (nSPS) is 10.2. The number of amides is 1. The SMILES string of the molecule is NNC(=O)Cc1ccc(Cn2cnc([N+](=O)[O-])c2)cc1. The van der Waals surface area contributed by atoms with Gasteiger partial charge in [-0.25, -0.2) is 5.84 Å². The summed E-state index contributed by atoms with van der Waals surface area (Å²) in [5, 5.41) is 10.5. The molecule has 0 bridgehead atoms. The summed E-state index contributed by atoms with van der Waals surface area (Å²) in [6.07, 6.45) is 3.00. The standard InChI is InChI=1S/C12H13N5O3/c13-15-12(18)5-9-1-3-10(4-2-9)6-16-7-11(14-8-16)17(19)20/h1-4,7-8H,5-6,13H2,(H,15,18). The van der Waals surface area contributed by atoms with Crippen molar-refractivity contribution in [2.45, 2.75) is 13.0 Å². The molecule has 0 fully saturated rings. The molecule has 0 unspecified atom stereocenters. The number of rotatable bonds is 5. The molecule has 0 atom stereocenters. The summed E-state index contributed by atoms with van der Waals surface area (Å²) in [6, 6.07) is 7.34. The molecule has 2 aromatic rings. The van der Waals surface area contributed by atoms with Crippen LogP contribution in [0.5, 0.6) is 0 Å². The molecule has 3 N–H and O–H groups in total. The Labute approximate surface area is 114 Å². The van der Waals surface area contributed by atoms with Crippen LogP contribution in [0.2, 0.25) is 0 Å². The second-order valence-electron chi connectivity index (χ2n) is 4.22. The Morgan fingerprint density at radius 1 is 1.35 bits per heavy atom. The number of benzene rings is 1. The van der Waals surface area contributed by atoms with Crippen molar-refractivity contribution in [2.75, 3.05) is 0 Å². The van der Waals surface area contributed by atoms with Gasteiger partial charge in [0.2, 0.25) is 12.2 Å². The van der Waals surface area contributed by atoms with Crippen molar-refractivity contribution in [3.05, 3.63) is 58.0 Å². The maximum Gasteiger partial charge on any atom is 0.381 e. The highest BCUT2D eigenvalue weighted by atomic mass is 16.6. The number of aromatic nitrogens is 2. The van der Waals surface area contributed by atoms with Crippen LogP contribution < -0.4 is 11.3 Å². The Morgan fingerprint density at radius 2 is 2.00 bits per heavy atom. The number of nitrogens with one attached hydrogen (secondary N) is 1. The molecule has 20 heavy (non-hydrogen) atoms. The van der Waals surface area contributed by atoms with Gasteiger partial charge in [-0.05, 0) is 21.0 Å². The van der Waals surface area contributed by atoms with Gasteiger partial charge < -0.3 is 14.7 Å². The number of hydrogen-bond donors (Lipinski definition) is 2. The largest absolute Gasteiger partial charge is 0.381 e. The van der Waals surface area contributed by atoms with Crippen LogP contribution >= 0.6 is 0 Å².